The second-order valence-corrected chi connectivity index (χ2v) is 10.1. The molecule has 0 spiro atoms. The Morgan fingerprint density at radius 2 is 2.05 bits per heavy atom. The predicted octanol–water partition coefficient (Wildman–Crippen LogP) is 3.18. The number of cyclic esters (lactones) is 1. The number of rotatable bonds is 8. The van der Waals surface area contributed by atoms with Gasteiger partial charge in [0.1, 0.15) is 24.6 Å². The third-order valence-corrected chi connectivity index (χ3v) is 7.34. The minimum absolute atomic E-state index is 0.0507. The summed E-state index contributed by atoms with van der Waals surface area (Å²) in [5.74, 6) is -0.689. The number of nitrogens with zero attached hydrogens (tertiary/aromatic N) is 5. The summed E-state index contributed by atoms with van der Waals surface area (Å²) >= 11 is 0. The first-order valence-electron chi connectivity index (χ1n) is 13.3. The maximum Gasteiger partial charge on any atom is 0.414 e. The minimum atomic E-state index is -0.533. The quantitative estimate of drug-likeness (QED) is 0.423. The van der Waals surface area contributed by atoms with Crippen molar-refractivity contribution in [1.29, 1.82) is 0 Å². The highest BCUT2D eigenvalue weighted by Crippen LogP contribution is 2.31. The molecule has 2 aromatic heterocycles. The van der Waals surface area contributed by atoms with Crippen LogP contribution in [-0.4, -0.2) is 70.5 Å². The molecule has 40 heavy (non-hydrogen) atoms. The highest BCUT2D eigenvalue weighted by molar-refractivity contribution is 5.90. The molecule has 12 heteroatoms. The van der Waals surface area contributed by atoms with E-state index in [-0.39, 0.29) is 31.1 Å². The van der Waals surface area contributed by atoms with Gasteiger partial charge in [-0.05, 0) is 50.2 Å². The lowest BCUT2D eigenvalue weighted by molar-refractivity contribution is -0.152. The molecule has 2 saturated heterocycles. The van der Waals surface area contributed by atoms with Crippen LogP contribution >= 0.6 is 0 Å². The molecule has 0 bridgehead atoms. The molecule has 5 heterocycles. The van der Waals surface area contributed by atoms with Gasteiger partial charge in [0.25, 0.3) is 0 Å². The van der Waals surface area contributed by atoms with Gasteiger partial charge in [0, 0.05) is 35.5 Å². The van der Waals surface area contributed by atoms with Gasteiger partial charge in [0.2, 0.25) is 0 Å². The van der Waals surface area contributed by atoms with Gasteiger partial charge in [-0.1, -0.05) is 11.3 Å². The third-order valence-electron chi connectivity index (χ3n) is 7.34. The molecule has 0 saturated carbocycles. The summed E-state index contributed by atoms with van der Waals surface area (Å²) in [5.41, 5.74) is 2.99. The van der Waals surface area contributed by atoms with Crippen molar-refractivity contribution in [2.75, 3.05) is 31.1 Å². The molecule has 2 atom stereocenters. The Morgan fingerprint density at radius 3 is 2.80 bits per heavy atom. The van der Waals surface area contributed by atoms with Crippen LogP contribution in [0.5, 0.6) is 0 Å². The largest absolute Gasteiger partial charge is 0.494 e. The number of pyridine rings is 1. The van der Waals surface area contributed by atoms with E-state index >= 15 is 4.39 Å². The minimum Gasteiger partial charge on any atom is -0.494 e. The van der Waals surface area contributed by atoms with E-state index in [2.05, 4.69) is 20.6 Å². The Balaban J connectivity index is 1.04. The molecular weight excluding hydrogens is 519 g/mol. The Bertz CT molecular complexity index is 1390. The van der Waals surface area contributed by atoms with Crippen molar-refractivity contribution in [2.45, 2.75) is 38.0 Å². The Morgan fingerprint density at radius 1 is 1.18 bits per heavy atom. The summed E-state index contributed by atoms with van der Waals surface area (Å²) in [6.45, 7) is 2.51. The molecule has 0 unspecified atom stereocenters. The van der Waals surface area contributed by atoms with Crippen molar-refractivity contribution in [3.63, 3.8) is 0 Å². The van der Waals surface area contributed by atoms with Crippen LogP contribution in [0.15, 0.2) is 55.2 Å². The number of ether oxygens (including phenoxy) is 3. The zero-order valence-corrected chi connectivity index (χ0v) is 21.7. The Hall–Kier alpha value is -4.32. The summed E-state index contributed by atoms with van der Waals surface area (Å²) in [5, 5.41) is 10.9. The van der Waals surface area contributed by atoms with E-state index in [0.717, 1.165) is 31.5 Å². The maximum absolute atomic E-state index is 15.2. The standard InChI is InChI=1S/C28H29FN6O5/c29-25-12-21(35-15-23(40-28(35)37)14-34-10-9-32-33-34)2-3-24(25)19-1-4-26(31-13-19)20-11-22(38-16-20)17-39-27(36)18-5-7-30-8-6-18/h1-4,9-10,12-13,16,18,22-23,30H,5-8,11,14-15,17H2/t22-,23-/m0/s1. The van der Waals surface area contributed by atoms with Crippen molar-refractivity contribution in [2.24, 2.45) is 5.92 Å². The van der Waals surface area contributed by atoms with Crippen LogP contribution < -0.4 is 10.2 Å². The van der Waals surface area contributed by atoms with Crippen LogP contribution in [0.2, 0.25) is 0 Å². The number of hydrogen-bond donors (Lipinski definition) is 1. The highest BCUT2D eigenvalue weighted by Gasteiger charge is 2.33. The highest BCUT2D eigenvalue weighted by atomic mass is 19.1. The first kappa shape index (κ1) is 25.9. The zero-order valence-electron chi connectivity index (χ0n) is 21.7. The van der Waals surface area contributed by atoms with Gasteiger partial charge in [-0.3, -0.25) is 14.7 Å². The molecule has 0 radical (unpaired) electrons. The number of piperidine rings is 1. The van der Waals surface area contributed by atoms with E-state index < -0.39 is 18.0 Å². The monoisotopic (exact) mass is 548 g/mol. The zero-order chi connectivity index (χ0) is 27.5. The molecule has 0 aliphatic carbocycles. The van der Waals surface area contributed by atoms with Gasteiger partial charge in [-0.2, -0.15) is 0 Å². The predicted molar refractivity (Wildman–Crippen MR) is 141 cm³/mol. The fourth-order valence-corrected chi connectivity index (χ4v) is 5.15. The van der Waals surface area contributed by atoms with Crippen LogP contribution in [-0.2, 0) is 25.5 Å². The molecule has 1 amide bonds. The second-order valence-electron chi connectivity index (χ2n) is 10.1. The molecule has 1 N–H and O–H groups in total. The van der Waals surface area contributed by atoms with Gasteiger partial charge in [-0.15, -0.1) is 5.10 Å². The number of esters is 1. The van der Waals surface area contributed by atoms with Crippen LogP contribution in [0.3, 0.4) is 0 Å². The van der Waals surface area contributed by atoms with E-state index in [4.69, 9.17) is 14.2 Å². The van der Waals surface area contributed by atoms with Gasteiger partial charge in [0.15, 0.2) is 0 Å². The third kappa shape index (κ3) is 5.67. The maximum atomic E-state index is 15.2. The molecule has 3 aliphatic rings. The van der Waals surface area contributed by atoms with Gasteiger partial charge in [-0.25, -0.2) is 13.9 Å². The Labute approximate surface area is 229 Å². The average molecular weight is 549 g/mol. The molecule has 2 fully saturated rings. The van der Waals surface area contributed by atoms with E-state index in [1.54, 1.807) is 47.7 Å². The van der Waals surface area contributed by atoms with Crippen molar-refractivity contribution >= 4 is 23.3 Å². The summed E-state index contributed by atoms with van der Waals surface area (Å²) in [7, 11) is 0. The fraction of sp³-hybridized carbons (Fsp3) is 0.393. The number of carbonyl (C=O) groups excluding carboxylic acids is 2. The SMILES string of the molecule is O=C(OC[C@@H]1CC(c2ccc(-c3ccc(N4C[C@H](Cn5ccnn5)OC4=O)cc3F)cn2)=CO1)C1CCNCC1. The van der Waals surface area contributed by atoms with Crippen molar-refractivity contribution in [1.82, 2.24) is 25.3 Å². The van der Waals surface area contributed by atoms with Crippen LogP contribution in [0.1, 0.15) is 25.0 Å². The number of carbonyl (C=O) groups is 2. The Kier molecular flexibility index (Phi) is 7.41. The summed E-state index contributed by atoms with van der Waals surface area (Å²) < 4.78 is 33.3. The summed E-state index contributed by atoms with van der Waals surface area (Å²) in [6.07, 6.45) is 7.45. The fourth-order valence-electron chi connectivity index (χ4n) is 5.15. The van der Waals surface area contributed by atoms with Crippen molar-refractivity contribution in [3.8, 4) is 11.1 Å². The van der Waals surface area contributed by atoms with E-state index in [9.17, 15) is 9.59 Å². The van der Waals surface area contributed by atoms with Gasteiger partial charge in [0.05, 0.1) is 42.8 Å². The summed E-state index contributed by atoms with van der Waals surface area (Å²) in [4.78, 5) is 30.6. The van der Waals surface area contributed by atoms with Crippen molar-refractivity contribution < 1.29 is 28.2 Å². The number of nitrogens with one attached hydrogen (secondary N) is 1. The molecule has 11 nitrogen and oxygen atoms in total. The lowest BCUT2D eigenvalue weighted by Crippen LogP contribution is -2.33. The normalized spacial score (nSPS) is 21.2. The summed E-state index contributed by atoms with van der Waals surface area (Å²) in [6, 6.07) is 8.25. The smallest absolute Gasteiger partial charge is 0.414 e. The van der Waals surface area contributed by atoms with Crippen molar-refractivity contribution in [3.05, 3.63) is 66.7 Å². The number of amides is 1. The number of benzene rings is 1. The molecular formula is C28H29FN6O5. The number of hydrogen-bond acceptors (Lipinski definition) is 9. The molecule has 1 aromatic carbocycles. The first-order chi connectivity index (χ1) is 19.5. The number of anilines is 1. The lowest BCUT2D eigenvalue weighted by atomic mass is 9.98. The van der Waals surface area contributed by atoms with Gasteiger partial charge < -0.3 is 19.5 Å². The molecule has 3 aliphatic heterocycles. The van der Waals surface area contributed by atoms with E-state index in [1.165, 1.54) is 11.0 Å². The van der Waals surface area contributed by atoms with E-state index in [0.29, 0.717) is 35.5 Å². The number of halogens is 1. The lowest BCUT2D eigenvalue weighted by Gasteiger charge is -2.21. The average Bonchev–Trinajstić information content (AvgIpc) is 3.74. The van der Waals surface area contributed by atoms with Gasteiger partial charge >= 0.3 is 12.1 Å². The molecule has 3 aromatic rings. The van der Waals surface area contributed by atoms with Crippen LogP contribution in [0.4, 0.5) is 14.9 Å². The van der Waals surface area contributed by atoms with Crippen LogP contribution in [0, 0.1) is 11.7 Å². The first-order valence-corrected chi connectivity index (χ1v) is 13.3. The second kappa shape index (κ2) is 11.4. The van der Waals surface area contributed by atoms with Crippen LogP contribution in [0.25, 0.3) is 16.7 Å². The van der Waals surface area contributed by atoms with E-state index in [1.807, 2.05) is 6.07 Å². The molecule has 6 rings (SSSR count). The molecule has 208 valence electrons. The topological polar surface area (TPSA) is 121 Å². The number of aromatic nitrogens is 4.